The van der Waals surface area contributed by atoms with Gasteiger partial charge in [-0.3, -0.25) is 9.59 Å². The largest absolute Gasteiger partial charge is 0.353 e. The summed E-state index contributed by atoms with van der Waals surface area (Å²) < 4.78 is 23.3. The Hall–Kier alpha value is -1.11. The molecule has 2 aliphatic carbocycles. The first kappa shape index (κ1) is 17.3. The van der Waals surface area contributed by atoms with E-state index in [2.05, 4.69) is 12.2 Å². The van der Waals surface area contributed by atoms with Gasteiger partial charge in [0.05, 0.1) is 17.4 Å². The van der Waals surface area contributed by atoms with Gasteiger partial charge in [0, 0.05) is 25.0 Å². The molecule has 0 unspecified atom stereocenters. The van der Waals surface area contributed by atoms with Crippen molar-refractivity contribution in [3.63, 3.8) is 0 Å². The van der Waals surface area contributed by atoms with E-state index in [1.54, 1.807) is 4.90 Å². The summed E-state index contributed by atoms with van der Waals surface area (Å²) in [5, 5.41) is 3.16. The lowest BCUT2D eigenvalue weighted by atomic mass is 9.84. The van der Waals surface area contributed by atoms with Crippen LogP contribution >= 0.6 is 0 Å². The number of fused-ring (bicyclic) bond motifs is 2. The van der Waals surface area contributed by atoms with Crippen LogP contribution in [0.1, 0.15) is 45.4 Å². The molecule has 2 amide bonds. The summed E-state index contributed by atoms with van der Waals surface area (Å²) in [7, 11) is -3.02. The van der Waals surface area contributed by atoms with E-state index in [-0.39, 0.29) is 47.7 Å². The number of likely N-dealkylation sites (tertiary alicyclic amines) is 1. The second-order valence-electron chi connectivity index (χ2n) is 8.64. The zero-order valence-electron chi connectivity index (χ0n) is 14.8. The van der Waals surface area contributed by atoms with Gasteiger partial charge < -0.3 is 10.2 Å². The molecule has 0 spiro atoms. The Morgan fingerprint density at radius 3 is 2.64 bits per heavy atom. The van der Waals surface area contributed by atoms with Gasteiger partial charge in [0.15, 0.2) is 9.84 Å². The Balaban J connectivity index is 1.33. The molecular weight excluding hydrogens is 340 g/mol. The van der Waals surface area contributed by atoms with Crippen LogP contribution in [0.25, 0.3) is 0 Å². The quantitative estimate of drug-likeness (QED) is 0.801. The van der Waals surface area contributed by atoms with E-state index in [4.69, 9.17) is 0 Å². The standard InChI is InChI=1S/C18H28N2O4S/c1-11(16-7-12-2-3-13(16)6-12)19-18(22)14-8-17(21)20(9-14)15-4-5-25(23,24)10-15/h11-16H,2-10H2,1H3,(H,19,22)/t11-,12-,13-,14+,15+,16-/m0/s1. The Kier molecular flexibility index (Phi) is 4.33. The lowest BCUT2D eigenvalue weighted by Crippen LogP contribution is -2.44. The van der Waals surface area contributed by atoms with E-state index in [9.17, 15) is 18.0 Å². The van der Waals surface area contributed by atoms with Gasteiger partial charge in [0.1, 0.15) is 0 Å². The molecule has 6 nitrogen and oxygen atoms in total. The minimum absolute atomic E-state index is 0.0352. The van der Waals surface area contributed by atoms with Crippen molar-refractivity contribution in [3.05, 3.63) is 0 Å². The molecule has 2 aliphatic heterocycles. The van der Waals surface area contributed by atoms with Gasteiger partial charge in [0.25, 0.3) is 0 Å². The molecule has 4 rings (SSSR count). The molecule has 25 heavy (non-hydrogen) atoms. The van der Waals surface area contributed by atoms with Crippen LogP contribution < -0.4 is 5.32 Å². The second-order valence-corrected chi connectivity index (χ2v) is 10.9. The van der Waals surface area contributed by atoms with Crippen molar-refractivity contribution in [2.45, 2.75) is 57.5 Å². The van der Waals surface area contributed by atoms with Crippen LogP contribution in [0.4, 0.5) is 0 Å². The maximum Gasteiger partial charge on any atom is 0.225 e. The molecular formula is C18H28N2O4S. The maximum atomic E-state index is 12.6. The number of rotatable bonds is 4. The van der Waals surface area contributed by atoms with E-state index in [1.165, 1.54) is 25.7 Å². The fourth-order valence-electron chi connectivity index (χ4n) is 5.64. The number of carbonyl (C=O) groups is 2. The third-order valence-electron chi connectivity index (χ3n) is 6.98. The summed E-state index contributed by atoms with van der Waals surface area (Å²) in [6, 6.07) is -0.0721. The summed E-state index contributed by atoms with van der Waals surface area (Å²) in [6.45, 7) is 2.47. The van der Waals surface area contributed by atoms with Crippen molar-refractivity contribution in [2.24, 2.45) is 23.7 Å². The first-order valence-corrected chi connectivity index (χ1v) is 11.4. The number of carbonyl (C=O) groups excluding carboxylic acids is 2. The van der Waals surface area contributed by atoms with E-state index >= 15 is 0 Å². The Morgan fingerprint density at radius 1 is 1.24 bits per heavy atom. The van der Waals surface area contributed by atoms with Crippen molar-refractivity contribution in [1.29, 1.82) is 0 Å². The van der Waals surface area contributed by atoms with Crippen LogP contribution in [0.5, 0.6) is 0 Å². The molecule has 0 aromatic carbocycles. The first-order valence-electron chi connectivity index (χ1n) is 9.62. The lowest BCUT2D eigenvalue weighted by Gasteiger charge is -2.29. The normalized spacial score (nSPS) is 40.6. The Labute approximate surface area is 149 Å². The van der Waals surface area contributed by atoms with Gasteiger partial charge in [-0.15, -0.1) is 0 Å². The monoisotopic (exact) mass is 368 g/mol. The molecule has 2 saturated heterocycles. The molecule has 4 aliphatic rings. The number of amides is 2. The van der Waals surface area contributed by atoms with Gasteiger partial charge in [-0.1, -0.05) is 6.42 Å². The fourth-order valence-corrected chi connectivity index (χ4v) is 7.37. The van der Waals surface area contributed by atoms with Crippen molar-refractivity contribution < 1.29 is 18.0 Å². The van der Waals surface area contributed by atoms with Gasteiger partial charge in [-0.05, 0) is 50.4 Å². The number of sulfone groups is 1. The van der Waals surface area contributed by atoms with E-state index < -0.39 is 9.84 Å². The summed E-state index contributed by atoms with van der Waals surface area (Å²) >= 11 is 0. The molecule has 2 heterocycles. The minimum Gasteiger partial charge on any atom is -0.353 e. The average molecular weight is 368 g/mol. The minimum atomic E-state index is -3.02. The Morgan fingerprint density at radius 2 is 2.04 bits per heavy atom. The highest BCUT2D eigenvalue weighted by molar-refractivity contribution is 7.91. The molecule has 2 bridgehead atoms. The predicted octanol–water partition coefficient (Wildman–Crippen LogP) is 0.963. The summed E-state index contributed by atoms with van der Waals surface area (Å²) in [6.07, 6.45) is 5.90. The lowest BCUT2D eigenvalue weighted by molar-refractivity contribution is -0.130. The van der Waals surface area contributed by atoms with Crippen molar-refractivity contribution in [1.82, 2.24) is 10.2 Å². The third kappa shape index (κ3) is 3.32. The third-order valence-corrected chi connectivity index (χ3v) is 8.73. The molecule has 6 atom stereocenters. The molecule has 0 radical (unpaired) electrons. The first-order chi connectivity index (χ1) is 11.8. The average Bonchev–Trinajstić information content (AvgIpc) is 3.30. The fraction of sp³-hybridized carbons (Fsp3) is 0.889. The van der Waals surface area contributed by atoms with Crippen LogP contribution in [0.2, 0.25) is 0 Å². The summed E-state index contributed by atoms with van der Waals surface area (Å²) in [5.74, 6) is 1.94. The van der Waals surface area contributed by atoms with Crippen LogP contribution in [0, 0.1) is 23.7 Å². The van der Waals surface area contributed by atoms with Gasteiger partial charge in [-0.2, -0.15) is 0 Å². The molecule has 1 N–H and O–H groups in total. The van der Waals surface area contributed by atoms with Crippen LogP contribution in [0.15, 0.2) is 0 Å². The van der Waals surface area contributed by atoms with Crippen molar-refractivity contribution in [2.75, 3.05) is 18.1 Å². The van der Waals surface area contributed by atoms with Crippen LogP contribution in [0.3, 0.4) is 0 Å². The molecule has 140 valence electrons. The summed E-state index contributed by atoms with van der Waals surface area (Å²) in [4.78, 5) is 26.6. The zero-order chi connectivity index (χ0) is 17.8. The van der Waals surface area contributed by atoms with Crippen LogP contribution in [-0.2, 0) is 19.4 Å². The SMILES string of the molecule is C[C@H](NC(=O)[C@@H]1CC(=O)N([C@@H]2CCS(=O)(=O)C2)C1)[C@@H]1C[C@H]2CC[C@H]1C2. The smallest absolute Gasteiger partial charge is 0.225 e. The predicted molar refractivity (Wildman–Crippen MR) is 93.4 cm³/mol. The molecule has 7 heteroatoms. The molecule has 2 saturated carbocycles. The number of hydrogen-bond acceptors (Lipinski definition) is 4. The maximum absolute atomic E-state index is 12.6. The molecule has 0 aromatic heterocycles. The number of hydrogen-bond donors (Lipinski definition) is 1. The summed E-state index contributed by atoms with van der Waals surface area (Å²) in [5.41, 5.74) is 0. The Bertz CT molecular complexity index is 677. The van der Waals surface area contributed by atoms with Crippen molar-refractivity contribution in [3.8, 4) is 0 Å². The highest BCUT2D eigenvalue weighted by Gasteiger charge is 2.44. The zero-order valence-corrected chi connectivity index (χ0v) is 15.6. The highest BCUT2D eigenvalue weighted by Crippen LogP contribution is 2.49. The van der Waals surface area contributed by atoms with Crippen molar-refractivity contribution >= 4 is 21.7 Å². The van der Waals surface area contributed by atoms with E-state index in [0.717, 1.165) is 11.8 Å². The second kappa shape index (κ2) is 6.25. The van der Waals surface area contributed by atoms with Gasteiger partial charge in [-0.25, -0.2) is 8.42 Å². The van der Waals surface area contributed by atoms with Gasteiger partial charge in [0.2, 0.25) is 11.8 Å². The highest BCUT2D eigenvalue weighted by atomic mass is 32.2. The molecule has 4 fully saturated rings. The van der Waals surface area contributed by atoms with Gasteiger partial charge >= 0.3 is 0 Å². The van der Waals surface area contributed by atoms with E-state index in [1.807, 2.05) is 0 Å². The van der Waals surface area contributed by atoms with Crippen LogP contribution in [-0.4, -0.2) is 55.3 Å². The number of nitrogens with one attached hydrogen (secondary N) is 1. The topological polar surface area (TPSA) is 83.6 Å². The number of nitrogens with zero attached hydrogens (tertiary/aromatic N) is 1. The molecule has 0 aromatic rings. The van der Waals surface area contributed by atoms with E-state index in [0.29, 0.717) is 18.9 Å².